The summed E-state index contributed by atoms with van der Waals surface area (Å²) in [6.07, 6.45) is 1.60. The summed E-state index contributed by atoms with van der Waals surface area (Å²) in [5.41, 5.74) is 3.97. The molecule has 0 atom stereocenters. The molecule has 3 aromatic rings. The number of benzene rings is 2. The van der Waals surface area contributed by atoms with Gasteiger partial charge in [0.2, 0.25) is 14.9 Å². The largest absolute Gasteiger partial charge is 0.507 e. The standard InChI is InChI=1S/C22H26O4S/c1-13(2)17-10-15(11-18(14(3)4)21(17)23)12-19-16-8-6-7-9-20(16)26-22(19)27(5,24)25/h6-11,13-14,23H,12H2,1-5H3. The molecule has 0 aliphatic rings. The number of phenols is 1. The number of rotatable bonds is 5. The molecule has 0 bridgehead atoms. The predicted octanol–water partition coefficient (Wildman–Crippen LogP) is 5.38. The van der Waals surface area contributed by atoms with Crippen LogP contribution in [-0.4, -0.2) is 19.8 Å². The Balaban J connectivity index is 2.21. The van der Waals surface area contributed by atoms with Crippen LogP contribution in [0.15, 0.2) is 45.9 Å². The van der Waals surface area contributed by atoms with Crippen LogP contribution in [0.1, 0.15) is 61.8 Å². The summed E-state index contributed by atoms with van der Waals surface area (Å²) in [5, 5.41) is 11.5. The van der Waals surface area contributed by atoms with Crippen molar-refractivity contribution >= 4 is 20.8 Å². The van der Waals surface area contributed by atoms with Crippen molar-refractivity contribution in [2.45, 2.75) is 51.0 Å². The van der Waals surface area contributed by atoms with Crippen molar-refractivity contribution in [1.82, 2.24) is 0 Å². The number of sulfone groups is 1. The topological polar surface area (TPSA) is 67.5 Å². The van der Waals surface area contributed by atoms with Gasteiger partial charge in [0.15, 0.2) is 0 Å². The Morgan fingerprint density at radius 3 is 2.07 bits per heavy atom. The Kier molecular flexibility index (Phi) is 5.08. The molecule has 27 heavy (non-hydrogen) atoms. The van der Waals surface area contributed by atoms with Crippen molar-refractivity contribution in [3.8, 4) is 5.75 Å². The fourth-order valence-corrected chi connectivity index (χ4v) is 4.35. The maximum Gasteiger partial charge on any atom is 0.222 e. The van der Waals surface area contributed by atoms with Gasteiger partial charge >= 0.3 is 0 Å². The van der Waals surface area contributed by atoms with Gasteiger partial charge in [0.25, 0.3) is 0 Å². The molecule has 5 heteroatoms. The molecule has 3 rings (SSSR count). The lowest BCUT2D eigenvalue weighted by Crippen LogP contribution is -2.03. The molecule has 0 amide bonds. The molecule has 0 saturated carbocycles. The lowest BCUT2D eigenvalue weighted by Gasteiger charge is -2.17. The third-order valence-corrected chi connectivity index (χ3v) is 5.85. The Morgan fingerprint density at radius 2 is 1.56 bits per heavy atom. The van der Waals surface area contributed by atoms with Crippen molar-refractivity contribution in [1.29, 1.82) is 0 Å². The SMILES string of the molecule is CC(C)c1cc(Cc2c(S(C)(=O)=O)oc3ccccc23)cc(C(C)C)c1O. The summed E-state index contributed by atoms with van der Waals surface area (Å²) < 4.78 is 30.2. The highest BCUT2D eigenvalue weighted by Crippen LogP contribution is 2.37. The second-order valence-electron chi connectivity index (χ2n) is 7.75. The number of hydrogen-bond acceptors (Lipinski definition) is 4. The van der Waals surface area contributed by atoms with Gasteiger partial charge in [0.05, 0.1) is 0 Å². The van der Waals surface area contributed by atoms with Gasteiger partial charge in [0, 0.05) is 23.6 Å². The van der Waals surface area contributed by atoms with E-state index in [1.807, 2.05) is 58.0 Å². The van der Waals surface area contributed by atoms with Crippen LogP contribution in [0.25, 0.3) is 11.0 Å². The maximum atomic E-state index is 12.3. The molecular formula is C22H26O4S. The second kappa shape index (κ2) is 7.04. The third kappa shape index (κ3) is 3.74. The summed E-state index contributed by atoms with van der Waals surface area (Å²) in [7, 11) is -3.49. The Hall–Kier alpha value is -2.27. The fourth-order valence-electron chi connectivity index (χ4n) is 3.47. The molecule has 1 N–H and O–H groups in total. The van der Waals surface area contributed by atoms with E-state index in [1.165, 1.54) is 6.26 Å². The maximum absolute atomic E-state index is 12.3. The number of furan rings is 1. The molecule has 4 nitrogen and oxygen atoms in total. The van der Waals surface area contributed by atoms with Gasteiger partial charge in [-0.25, -0.2) is 8.42 Å². The van der Waals surface area contributed by atoms with Crippen LogP contribution in [0.4, 0.5) is 0 Å². The van der Waals surface area contributed by atoms with Crippen molar-refractivity contribution < 1.29 is 17.9 Å². The van der Waals surface area contributed by atoms with Crippen LogP contribution in [0.5, 0.6) is 5.75 Å². The molecule has 0 aliphatic carbocycles. The van der Waals surface area contributed by atoms with Crippen LogP contribution in [0.3, 0.4) is 0 Å². The minimum atomic E-state index is -3.49. The summed E-state index contributed by atoms with van der Waals surface area (Å²) in [6.45, 7) is 8.16. The molecule has 0 saturated heterocycles. The molecule has 0 radical (unpaired) electrons. The van der Waals surface area contributed by atoms with Crippen LogP contribution in [-0.2, 0) is 16.3 Å². The van der Waals surface area contributed by atoms with Crippen LogP contribution < -0.4 is 0 Å². The molecule has 0 unspecified atom stereocenters. The van der Waals surface area contributed by atoms with Crippen molar-refractivity contribution in [2.24, 2.45) is 0 Å². The highest BCUT2D eigenvalue weighted by Gasteiger charge is 2.23. The van der Waals surface area contributed by atoms with E-state index in [2.05, 4.69) is 0 Å². The highest BCUT2D eigenvalue weighted by atomic mass is 32.2. The Bertz CT molecular complexity index is 1060. The molecular weight excluding hydrogens is 360 g/mol. The normalized spacial score (nSPS) is 12.4. The summed E-state index contributed by atoms with van der Waals surface area (Å²) >= 11 is 0. The van der Waals surface area contributed by atoms with Gasteiger partial charge in [-0.2, -0.15) is 0 Å². The second-order valence-corrected chi connectivity index (χ2v) is 9.66. The molecule has 0 spiro atoms. The lowest BCUT2D eigenvalue weighted by molar-refractivity contribution is 0.454. The van der Waals surface area contributed by atoms with Gasteiger partial charge in [-0.05, 0) is 34.6 Å². The smallest absolute Gasteiger partial charge is 0.222 e. The van der Waals surface area contributed by atoms with Gasteiger partial charge in [-0.3, -0.25) is 0 Å². The highest BCUT2D eigenvalue weighted by molar-refractivity contribution is 7.90. The first-order valence-corrected chi connectivity index (χ1v) is 11.0. The summed E-state index contributed by atoms with van der Waals surface area (Å²) in [5.74, 6) is 0.667. The lowest BCUT2D eigenvalue weighted by atomic mass is 9.90. The van der Waals surface area contributed by atoms with E-state index in [4.69, 9.17) is 4.42 Å². The minimum absolute atomic E-state index is 0.0222. The average Bonchev–Trinajstić information content (AvgIpc) is 2.95. The first-order valence-electron chi connectivity index (χ1n) is 9.15. The summed E-state index contributed by atoms with van der Waals surface area (Å²) in [6, 6.07) is 11.3. The van der Waals surface area contributed by atoms with Gasteiger partial charge in [0.1, 0.15) is 11.3 Å². The van der Waals surface area contributed by atoms with Crippen LogP contribution >= 0.6 is 0 Å². The van der Waals surface area contributed by atoms with Crippen LogP contribution in [0.2, 0.25) is 0 Å². The monoisotopic (exact) mass is 386 g/mol. The number of phenolic OH excluding ortho intramolecular Hbond substituents is 1. The number of hydrogen-bond donors (Lipinski definition) is 1. The zero-order valence-electron chi connectivity index (χ0n) is 16.4. The fraction of sp³-hybridized carbons (Fsp3) is 0.364. The van der Waals surface area contributed by atoms with E-state index in [9.17, 15) is 13.5 Å². The molecule has 2 aromatic carbocycles. The van der Waals surface area contributed by atoms with E-state index in [-0.39, 0.29) is 16.9 Å². The van der Waals surface area contributed by atoms with Crippen molar-refractivity contribution in [3.63, 3.8) is 0 Å². The first-order chi connectivity index (χ1) is 12.6. The number of fused-ring (bicyclic) bond motifs is 1. The predicted molar refractivity (Wildman–Crippen MR) is 108 cm³/mol. The quantitative estimate of drug-likeness (QED) is 0.639. The molecule has 0 fully saturated rings. The zero-order chi connectivity index (χ0) is 19.9. The van der Waals surface area contributed by atoms with E-state index in [1.54, 1.807) is 6.07 Å². The zero-order valence-corrected chi connectivity index (χ0v) is 17.2. The number of para-hydroxylation sites is 1. The molecule has 144 valence electrons. The van der Waals surface area contributed by atoms with Crippen LogP contribution in [0, 0.1) is 0 Å². The van der Waals surface area contributed by atoms with Gasteiger partial charge in [-0.1, -0.05) is 58.0 Å². The minimum Gasteiger partial charge on any atom is -0.507 e. The Morgan fingerprint density at radius 1 is 1.00 bits per heavy atom. The first kappa shape index (κ1) is 19.5. The van der Waals surface area contributed by atoms with Crippen molar-refractivity contribution in [2.75, 3.05) is 6.26 Å². The summed E-state index contributed by atoms with van der Waals surface area (Å²) in [4.78, 5) is 0. The molecule has 0 aliphatic heterocycles. The van der Waals surface area contributed by atoms with Crippen molar-refractivity contribution in [3.05, 3.63) is 58.7 Å². The third-order valence-electron chi connectivity index (χ3n) is 4.85. The van der Waals surface area contributed by atoms with E-state index in [0.717, 1.165) is 22.1 Å². The van der Waals surface area contributed by atoms with E-state index >= 15 is 0 Å². The number of aromatic hydroxyl groups is 1. The molecule has 1 aromatic heterocycles. The van der Waals surface area contributed by atoms with E-state index in [0.29, 0.717) is 23.3 Å². The molecule has 1 heterocycles. The van der Waals surface area contributed by atoms with Gasteiger partial charge < -0.3 is 9.52 Å². The Labute approximate surface area is 160 Å². The average molecular weight is 387 g/mol. The van der Waals surface area contributed by atoms with E-state index < -0.39 is 9.84 Å². The van der Waals surface area contributed by atoms with Gasteiger partial charge in [-0.15, -0.1) is 0 Å².